The topological polar surface area (TPSA) is 197 Å². The van der Waals surface area contributed by atoms with Crippen molar-refractivity contribution >= 4 is 45.2 Å². The molecule has 16 heteroatoms. The summed E-state index contributed by atoms with van der Waals surface area (Å²) in [5.41, 5.74) is 1.53. The van der Waals surface area contributed by atoms with Crippen LogP contribution in [0.1, 0.15) is 71.4 Å². The van der Waals surface area contributed by atoms with E-state index in [1.165, 1.54) is 16.2 Å². The highest BCUT2D eigenvalue weighted by Crippen LogP contribution is 2.47. The predicted molar refractivity (Wildman–Crippen MR) is 185 cm³/mol. The van der Waals surface area contributed by atoms with Gasteiger partial charge < -0.3 is 25.4 Å². The number of carbonyl (C=O) groups excluding carboxylic acids is 3. The van der Waals surface area contributed by atoms with Crippen molar-refractivity contribution in [2.24, 2.45) is 17.8 Å². The van der Waals surface area contributed by atoms with Gasteiger partial charge in [0.15, 0.2) is 0 Å². The Morgan fingerprint density at radius 2 is 1.94 bits per heavy atom. The van der Waals surface area contributed by atoms with E-state index in [2.05, 4.69) is 25.3 Å². The lowest BCUT2D eigenvalue weighted by molar-refractivity contribution is -0.142. The number of rotatable bonds is 7. The van der Waals surface area contributed by atoms with E-state index in [0.29, 0.717) is 42.8 Å². The molecule has 4 aliphatic rings. The molecule has 50 heavy (non-hydrogen) atoms. The van der Waals surface area contributed by atoms with E-state index in [0.717, 1.165) is 11.3 Å². The highest BCUT2D eigenvalue weighted by Gasteiger charge is 2.63. The average Bonchev–Trinajstić information content (AvgIpc) is 3.79. The molecule has 0 spiro atoms. The number of amides is 4. The molecule has 0 aromatic carbocycles. The first-order chi connectivity index (χ1) is 23.6. The van der Waals surface area contributed by atoms with Crippen molar-refractivity contribution in [3.63, 3.8) is 0 Å². The van der Waals surface area contributed by atoms with Gasteiger partial charge in [0.2, 0.25) is 21.8 Å². The largest absolute Gasteiger partial charge is 0.488 e. The van der Waals surface area contributed by atoms with Crippen LogP contribution in [0.25, 0.3) is 10.6 Å². The number of aromatic nitrogens is 2. The van der Waals surface area contributed by atoms with Crippen LogP contribution >= 0.6 is 11.3 Å². The molecule has 4 heterocycles. The van der Waals surface area contributed by atoms with Crippen LogP contribution in [0, 0.1) is 24.7 Å². The van der Waals surface area contributed by atoms with Gasteiger partial charge in [0.25, 0.3) is 5.91 Å². The van der Waals surface area contributed by atoms with E-state index in [1.54, 1.807) is 30.8 Å². The number of ether oxygens (including phenoxy) is 1. The van der Waals surface area contributed by atoms with Crippen LogP contribution in [0.5, 0.6) is 5.75 Å². The predicted octanol–water partition coefficient (Wildman–Crippen LogP) is 3.38. The number of hydrogen-bond acceptors (Lipinski definition) is 10. The monoisotopic (exact) mass is 728 g/mol. The van der Waals surface area contributed by atoms with Crippen molar-refractivity contribution in [2.75, 3.05) is 6.54 Å². The van der Waals surface area contributed by atoms with Crippen LogP contribution in [0.4, 0.5) is 4.79 Å². The Bertz CT molecular complexity index is 1800. The highest BCUT2D eigenvalue weighted by atomic mass is 32.2. The highest BCUT2D eigenvalue weighted by molar-refractivity contribution is 7.91. The molecule has 2 saturated carbocycles. The summed E-state index contributed by atoms with van der Waals surface area (Å²) >= 11 is 1.42. The molecule has 2 aromatic heterocycles. The molecule has 2 aromatic rings. The smallest absolute Gasteiger partial charge is 0.405 e. The molecule has 2 aliphatic carbocycles. The van der Waals surface area contributed by atoms with E-state index >= 15 is 0 Å². The van der Waals surface area contributed by atoms with Crippen LogP contribution < -0.4 is 20.1 Å². The first-order valence-corrected chi connectivity index (χ1v) is 19.4. The normalized spacial score (nSPS) is 31.6. The van der Waals surface area contributed by atoms with Gasteiger partial charge in [-0.25, -0.2) is 13.2 Å². The summed E-state index contributed by atoms with van der Waals surface area (Å²) in [6.45, 7) is 7.23. The molecule has 1 saturated heterocycles. The number of aryl methyl sites for hydroxylation is 1. The van der Waals surface area contributed by atoms with Crippen LogP contribution in [0.15, 0.2) is 36.0 Å². The third-order valence-corrected chi connectivity index (χ3v) is 13.4. The van der Waals surface area contributed by atoms with Gasteiger partial charge in [-0.2, -0.15) is 0 Å². The number of nitrogens with one attached hydrogen (secondary N) is 3. The summed E-state index contributed by atoms with van der Waals surface area (Å²) in [7, 11) is -3.99. The van der Waals surface area contributed by atoms with E-state index < -0.39 is 74.1 Å². The van der Waals surface area contributed by atoms with Gasteiger partial charge in [-0.1, -0.05) is 26.0 Å². The molecule has 4 N–H and O–H groups in total. The molecular weight excluding hydrogens is 685 g/mol. The second kappa shape index (κ2) is 13.6. The molecule has 0 bridgehead atoms. The minimum atomic E-state index is -3.99. The Labute approximate surface area is 295 Å². The van der Waals surface area contributed by atoms with Crippen molar-refractivity contribution in [1.29, 1.82) is 0 Å². The Morgan fingerprint density at radius 3 is 2.62 bits per heavy atom. The van der Waals surface area contributed by atoms with Gasteiger partial charge in [-0.05, 0) is 64.2 Å². The number of hydrogen-bond donors (Lipinski definition) is 4. The van der Waals surface area contributed by atoms with E-state index in [1.807, 2.05) is 32.9 Å². The number of fused-ring (bicyclic) bond motifs is 2. The molecule has 7 atom stereocenters. The van der Waals surface area contributed by atoms with E-state index in [9.17, 15) is 32.7 Å². The molecule has 2 aliphatic heterocycles. The Balaban J connectivity index is 1.32. The number of carbonyl (C=O) groups is 4. The standard InChI is InChI=1S/C34H44N6O8S2/c1-19-7-5-6-8-22-15-34(22,31(43)39-50(46,47)33(4)9-10-33)38-29(41)26-14-24(17-40(26)30(42)28(20(2)11-19)37-32(44)45)48-23-12-21(3)36-25(13-23)27-16-35-18-49-27/h6,8,12-13,16,18-20,22,24,26,28,37H,5,7,9-11,14-15,17H2,1-4H3,(H,38,41)(H,39,43)(H,44,45)/b8-6-/t19-,20-,22-,24-,26+,28+,34-/m1/s1. The first kappa shape index (κ1) is 35.8. The molecule has 14 nitrogen and oxygen atoms in total. The van der Waals surface area contributed by atoms with Gasteiger partial charge in [0.1, 0.15) is 29.5 Å². The van der Waals surface area contributed by atoms with Crippen LogP contribution in [0.3, 0.4) is 0 Å². The van der Waals surface area contributed by atoms with Crippen molar-refractivity contribution in [3.8, 4) is 16.3 Å². The summed E-state index contributed by atoms with van der Waals surface area (Å²) in [4.78, 5) is 65.1. The average molecular weight is 729 g/mol. The fourth-order valence-corrected chi connectivity index (χ4v) is 8.99. The molecule has 3 fully saturated rings. The van der Waals surface area contributed by atoms with Crippen molar-refractivity contribution < 1.29 is 37.4 Å². The SMILES string of the molecule is Cc1cc(O[C@@H]2C[C@H]3C(=O)N[C@]4(C(=O)NS(=O)(=O)C5(C)CC5)C[C@H]4/C=C\CC[C@@H](C)C[C@@H](C)[C@H](NC(=O)O)C(=O)N3C2)cc(-c2cncs2)n1. The molecule has 0 unspecified atom stereocenters. The summed E-state index contributed by atoms with van der Waals surface area (Å²) in [6, 6.07) is 1.25. The minimum absolute atomic E-state index is 0.0243. The minimum Gasteiger partial charge on any atom is -0.488 e. The zero-order chi connectivity index (χ0) is 36.0. The molecule has 270 valence electrons. The Morgan fingerprint density at radius 1 is 1.18 bits per heavy atom. The fraction of sp³-hybridized carbons (Fsp3) is 0.588. The van der Waals surface area contributed by atoms with Crippen molar-refractivity contribution in [2.45, 2.75) is 101 Å². The summed E-state index contributed by atoms with van der Waals surface area (Å²) < 4.78 is 33.7. The van der Waals surface area contributed by atoms with Gasteiger partial charge in [0, 0.05) is 36.4 Å². The third kappa shape index (κ3) is 7.36. The Kier molecular flexibility index (Phi) is 9.72. The maximum absolute atomic E-state index is 14.3. The van der Waals surface area contributed by atoms with Crippen molar-refractivity contribution in [1.82, 2.24) is 30.2 Å². The number of nitrogens with zero attached hydrogens (tertiary/aromatic N) is 3. The third-order valence-electron chi connectivity index (χ3n) is 10.4. The zero-order valence-corrected chi connectivity index (χ0v) is 30.2. The summed E-state index contributed by atoms with van der Waals surface area (Å²) in [5, 5.41) is 15.0. The lowest BCUT2D eigenvalue weighted by Crippen LogP contribution is -2.59. The zero-order valence-electron chi connectivity index (χ0n) is 28.5. The first-order valence-electron chi connectivity index (χ1n) is 17.0. The number of allylic oxidation sites excluding steroid dienone is 1. The maximum atomic E-state index is 14.3. The summed E-state index contributed by atoms with van der Waals surface area (Å²) in [6.07, 6.45) is 6.53. The van der Waals surface area contributed by atoms with Crippen LogP contribution in [-0.4, -0.2) is 87.2 Å². The second-order valence-electron chi connectivity index (χ2n) is 14.6. The second-order valence-corrected chi connectivity index (χ2v) is 17.7. The molecule has 0 radical (unpaired) electrons. The van der Waals surface area contributed by atoms with Gasteiger partial charge in [-0.3, -0.25) is 29.1 Å². The van der Waals surface area contributed by atoms with E-state index in [4.69, 9.17) is 4.74 Å². The number of thiazole rings is 1. The van der Waals surface area contributed by atoms with E-state index in [-0.39, 0.29) is 25.3 Å². The molecule has 6 rings (SSSR count). The van der Waals surface area contributed by atoms with Crippen molar-refractivity contribution in [3.05, 3.63) is 41.7 Å². The maximum Gasteiger partial charge on any atom is 0.405 e. The van der Waals surface area contributed by atoms with Gasteiger partial charge in [-0.15, -0.1) is 11.3 Å². The number of pyridine rings is 1. The van der Waals surface area contributed by atoms with Gasteiger partial charge >= 0.3 is 6.09 Å². The molecular formula is C34H44N6O8S2. The lowest BCUT2D eigenvalue weighted by atomic mass is 9.88. The number of carboxylic acid groups (broad SMARTS) is 1. The lowest BCUT2D eigenvalue weighted by Gasteiger charge is -2.32. The summed E-state index contributed by atoms with van der Waals surface area (Å²) in [5.74, 6) is -2.25. The Hall–Kier alpha value is -4.05. The van der Waals surface area contributed by atoms with Crippen LogP contribution in [-0.2, 0) is 24.4 Å². The fourth-order valence-electron chi connectivity index (χ4n) is 7.10. The van der Waals surface area contributed by atoms with Gasteiger partial charge in [0.05, 0.1) is 27.4 Å². The molecule has 4 amide bonds. The number of sulfonamides is 1. The van der Waals surface area contributed by atoms with Crippen LogP contribution in [0.2, 0.25) is 0 Å². The quantitative estimate of drug-likeness (QED) is 0.307.